The Kier molecular flexibility index (Phi) is 4.15. The predicted molar refractivity (Wildman–Crippen MR) is 78.2 cm³/mol. The summed E-state index contributed by atoms with van der Waals surface area (Å²) in [6, 6.07) is 0. The van der Waals surface area contributed by atoms with Crippen LogP contribution in [-0.4, -0.2) is 36.1 Å². The Morgan fingerprint density at radius 2 is 1.68 bits per heavy atom. The number of hydrogen-bond acceptors (Lipinski definition) is 5. The zero-order chi connectivity index (χ0) is 18.6. The molecule has 4 aliphatic rings. The molecule has 0 aromatic carbocycles. The van der Waals surface area contributed by atoms with Crippen LogP contribution in [0.1, 0.15) is 46.0 Å². The van der Waals surface area contributed by atoms with Crippen molar-refractivity contribution < 1.29 is 37.0 Å². The van der Waals surface area contributed by atoms with Crippen LogP contribution in [0.25, 0.3) is 0 Å². The van der Waals surface area contributed by atoms with E-state index in [0.29, 0.717) is 39.0 Å². The third-order valence-corrected chi connectivity index (χ3v) is 5.81. The maximum absolute atomic E-state index is 12.8. The van der Waals surface area contributed by atoms with Crippen molar-refractivity contribution in [3.63, 3.8) is 0 Å². The van der Waals surface area contributed by atoms with Crippen molar-refractivity contribution in [3.8, 4) is 0 Å². The number of ketones is 1. The molecule has 0 saturated heterocycles. The topological polar surface area (TPSA) is 69.7 Å². The second kappa shape index (κ2) is 5.71. The largest absolute Gasteiger partial charge is 0.456 e. The Morgan fingerprint density at radius 3 is 2.20 bits per heavy atom. The number of rotatable bonds is 4. The number of Topliss-reactive ketones (excluding diaryl/α,β-unsaturated/α-hetero) is 1. The number of carbonyl (C=O) groups is 3. The summed E-state index contributed by atoms with van der Waals surface area (Å²) in [6.07, 6.45) is -1.53. The molecule has 4 rings (SSSR count). The van der Waals surface area contributed by atoms with Crippen molar-refractivity contribution in [3.05, 3.63) is 0 Å². The average Bonchev–Trinajstić information content (AvgIpc) is 2.47. The smallest absolute Gasteiger partial charge is 0.404 e. The molecule has 140 valence electrons. The van der Waals surface area contributed by atoms with Gasteiger partial charge in [0.2, 0.25) is 0 Å². The summed E-state index contributed by atoms with van der Waals surface area (Å²) in [5.74, 6) is -1.98. The van der Waals surface area contributed by atoms with Crippen molar-refractivity contribution in [2.75, 3.05) is 6.61 Å². The van der Waals surface area contributed by atoms with Gasteiger partial charge in [0.25, 0.3) is 0 Å². The van der Waals surface area contributed by atoms with Crippen LogP contribution >= 0.6 is 0 Å². The summed E-state index contributed by atoms with van der Waals surface area (Å²) in [5, 5.41) is 0. The van der Waals surface area contributed by atoms with Gasteiger partial charge in [-0.1, -0.05) is 0 Å². The van der Waals surface area contributed by atoms with Gasteiger partial charge in [-0.2, -0.15) is 13.2 Å². The summed E-state index contributed by atoms with van der Waals surface area (Å²) in [6.45, 7) is 0.546. The highest BCUT2D eigenvalue weighted by atomic mass is 19.4. The van der Waals surface area contributed by atoms with Crippen LogP contribution in [0.3, 0.4) is 0 Å². The minimum Gasteiger partial charge on any atom is -0.456 e. The van der Waals surface area contributed by atoms with Gasteiger partial charge >= 0.3 is 18.1 Å². The van der Waals surface area contributed by atoms with Crippen molar-refractivity contribution in [1.29, 1.82) is 0 Å². The van der Waals surface area contributed by atoms with Gasteiger partial charge in [0.05, 0.1) is 0 Å². The molecule has 4 bridgehead atoms. The highest BCUT2D eigenvalue weighted by molar-refractivity contribution is 5.86. The van der Waals surface area contributed by atoms with Gasteiger partial charge in [-0.3, -0.25) is 9.59 Å². The molecule has 4 fully saturated rings. The average molecular weight is 362 g/mol. The zero-order valence-electron chi connectivity index (χ0n) is 14.1. The second-order valence-electron chi connectivity index (χ2n) is 8.10. The van der Waals surface area contributed by atoms with Gasteiger partial charge in [-0.15, -0.1) is 0 Å². The first-order valence-corrected chi connectivity index (χ1v) is 8.43. The fraction of sp³-hybridized carbons (Fsp3) is 0.824. The van der Waals surface area contributed by atoms with Crippen molar-refractivity contribution in [2.24, 2.45) is 23.2 Å². The fourth-order valence-electron chi connectivity index (χ4n) is 4.49. The van der Waals surface area contributed by atoms with Gasteiger partial charge in [0, 0.05) is 11.8 Å². The molecule has 0 aromatic heterocycles. The maximum Gasteiger partial charge on any atom is 0.404 e. The normalized spacial score (nSPS) is 34.1. The monoisotopic (exact) mass is 362 g/mol. The molecular formula is C17H21F3O5. The van der Waals surface area contributed by atoms with Crippen LogP contribution in [-0.2, 0) is 23.9 Å². The van der Waals surface area contributed by atoms with Crippen LogP contribution in [0.15, 0.2) is 0 Å². The molecule has 5 nitrogen and oxygen atoms in total. The molecule has 0 spiro atoms. The van der Waals surface area contributed by atoms with Crippen molar-refractivity contribution >= 4 is 17.7 Å². The van der Waals surface area contributed by atoms with Crippen LogP contribution < -0.4 is 0 Å². The van der Waals surface area contributed by atoms with Crippen LogP contribution in [0.4, 0.5) is 13.2 Å². The molecule has 0 aliphatic heterocycles. The molecule has 0 N–H and O–H groups in total. The lowest BCUT2D eigenvalue weighted by Crippen LogP contribution is -2.57. The maximum atomic E-state index is 12.8. The molecule has 8 heteroatoms. The van der Waals surface area contributed by atoms with Crippen molar-refractivity contribution in [1.82, 2.24) is 0 Å². The van der Waals surface area contributed by atoms with Gasteiger partial charge < -0.3 is 9.47 Å². The third kappa shape index (κ3) is 3.15. The Hall–Kier alpha value is -1.60. The van der Waals surface area contributed by atoms with Gasteiger partial charge in [0.1, 0.15) is 11.4 Å². The van der Waals surface area contributed by atoms with E-state index in [2.05, 4.69) is 4.74 Å². The predicted octanol–water partition coefficient (Wildman–Crippen LogP) is 2.81. The molecule has 2 atom stereocenters. The number of carbonyl (C=O) groups excluding carboxylic acids is 3. The number of hydrogen-bond donors (Lipinski definition) is 0. The highest BCUT2D eigenvalue weighted by Crippen LogP contribution is 2.55. The number of alkyl halides is 3. The molecule has 0 heterocycles. The molecule has 0 aromatic rings. The molecule has 0 radical (unpaired) electrons. The van der Waals surface area contributed by atoms with E-state index in [1.54, 1.807) is 0 Å². The third-order valence-electron chi connectivity index (χ3n) is 5.81. The lowest BCUT2D eigenvalue weighted by atomic mass is 9.53. The number of esters is 2. The van der Waals surface area contributed by atoms with E-state index in [-0.39, 0.29) is 17.6 Å². The SMILES string of the molecule is CC(C)(C(=O)OCC(=O)OC12CC3CC(C1)C(=O)C(C3)C2)C(F)(F)F. The molecule has 0 amide bonds. The molecule has 25 heavy (non-hydrogen) atoms. The van der Waals surface area contributed by atoms with Gasteiger partial charge in [-0.25, -0.2) is 4.79 Å². The lowest BCUT2D eigenvalue weighted by Gasteiger charge is -2.54. The van der Waals surface area contributed by atoms with E-state index in [4.69, 9.17) is 4.74 Å². The standard InChI is InChI=1S/C17H21F3O5/c1-15(2,17(18,19)20)14(23)24-8-12(21)25-16-5-9-3-10(6-16)13(22)11(4-9)7-16/h9-11H,3-8H2,1-2H3. The Balaban J connectivity index is 1.57. The summed E-state index contributed by atoms with van der Waals surface area (Å²) in [4.78, 5) is 35.8. The second-order valence-corrected chi connectivity index (χ2v) is 8.10. The lowest BCUT2D eigenvalue weighted by molar-refractivity contribution is -0.227. The number of ether oxygens (including phenoxy) is 2. The van der Waals surface area contributed by atoms with E-state index in [9.17, 15) is 27.6 Å². The number of halogens is 3. The summed E-state index contributed by atoms with van der Waals surface area (Å²) in [7, 11) is 0. The zero-order valence-corrected chi connectivity index (χ0v) is 14.1. The first kappa shape index (κ1) is 18.2. The van der Waals surface area contributed by atoms with Crippen LogP contribution in [0.5, 0.6) is 0 Å². The summed E-state index contributed by atoms with van der Waals surface area (Å²) < 4.78 is 48.4. The minimum atomic E-state index is -4.77. The van der Waals surface area contributed by atoms with E-state index in [1.165, 1.54) is 0 Å². The molecule has 4 aliphatic carbocycles. The van der Waals surface area contributed by atoms with Gasteiger partial charge in [-0.05, 0) is 51.9 Å². The Labute approximate surface area is 143 Å². The molecular weight excluding hydrogens is 341 g/mol. The van der Waals surface area contributed by atoms with E-state index >= 15 is 0 Å². The van der Waals surface area contributed by atoms with Crippen molar-refractivity contribution in [2.45, 2.75) is 57.7 Å². The Morgan fingerprint density at radius 1 is 1.12 bits per heavy atom. The summed E-state index contributed by atoms with van der Waals surface area (Å²) in [5.41, 5.74) is -3.42. The Bertz CT molecular complexity index is 592. The first-order chi connectivity index (χ1) is 11.4. The summed E-state index contributed by atoms with van der Waals surface area (Å²) >= 11 is 0. The minimum absolute atomic E-state index is 0.0919. The van der Waals surface area contributed by atoms with Gasteiger partial charge in [0.15, 0.2) is 12.0 Å². The fourth-order valence-corrected chi connectivity index (χ4v) is 4.49. The van der Waals surface area contributed by atoms with E-state index in [0.717, 1.165) is 12.8 Å². The molecule has 4 saturated carbocycles. The van der Waals surface area contributed by atoms with Crippen LogP contribution in [0.2, 0.25) is 0 Å². The van der Waals surface area contributed by atoms with E-state index in [1.807, 2.05) is 0 Å². The van der Waals surface area contributed by atoms with Crippen LogP contribution in [0, 0.1) is 23.2 Å². The first-order valence-electron chi connectivity index (χ1n) is 8.43. The molecule has 2 unspecified atom stereocenters. The van der Waals surface area contributed by atoms with E-state index < -0.39 is 35.7 Å². The highest BCUT2D eigenvalue weighted by Gasteiger charge is 2.57. The quantitative estimate of drug-likeness (QED) is 0.720.